The van der Waals surface area contributed by atoms with Gasteiger partial charge in [-0.25, -0.2) is 4.79 Å². The highest BCUT2D eigenvalue weighted by Gasteiger charge is 2.23. The van der Waals surface area contributed by atoms with Crippen LogP contribution >= 0.6 is 15.9 Å². The second kappa shape index (κ2) is 10.5. The fourth-order valence-electron chi connectivity index (χ4n) is 3.65. The van der Waals surface area contributed by atoms with Gasteiger partial charge in [-0.2, -0.15) is 0 Å². The third kappa shape index (κ3) is 5.47. The maximum atomic E-state index is 12.7. The largest absolute Gasteiger partial charge is 0.497 e. The van der Waals surface area contributed by atoms with Gasteiger partial charge in [-0.3, -0.25) is 4.79 Å². The topological polar surface area (TPSA) is 65.1 Å². The number of amides is 1. The molecule has 0 N–H and O–H groups in total. The van der Waals surface area contributed by atoms with Gasteiger partial charge in [-0.15, -0.1) is 0 Å². The minimum Gasteiger partial charge on any atom is -0.497 e. The molecule has 1 heterocycles. The molecule has 0 radical (unpaired) electrons. The van der Waals surface area contributed by atoms with Gasteiger partial charge < -0.3 is 19.1 Å². The molecule has 0 spiro atoms. The van der Waals surface area contributed by atoms with Crippen LogP contribution in [-0.2, 0) is 4.74 Å². The van der Waals surface area contributed by atoms with Crippen molar-refractivity contribution in [3.63, 3.8) is 0 Å². The average molecular weight is 488 g/mol. The van der Waals surface area contributed by atoms with E-state index in [1.807, 2.05) is 35.2 Å². The zero-order valence-electron chi connectivity index (χ0n) is 17.9. The Morgan fingerprint density at radius 3 is 2.29 bits per heavy atom. The molecular weight excluding hydrogens is 462 g/mol. The molecule has 0 aliphatic carbocycles. The number of ether oxygens (including phenoxy) is 3. The van der Waals surface area contributed by atoms with Crippen molar-refractivity contribution in [2.45, 2.75) is 12.8 Å². The van der Waals surface area contributed by atoms with Crippen molar-refractivity contribution in [2.24, 2.45) is 5.92 Å². The number of carbonyl (C=O) groups is 2. The molecule has 1 aliphatic rings. The van der Waals surface area contributed by atoms with Crippen molar-refractivity contribution in [1.82, 2.24) is 4.90 Å². The van der Waals surface area contributed by atoms with Crippen LogP contribution in [0.4, 0.5) is 0 Å². The van der Waals surface area contributed by atoms with E-state index in [2.05, 4.69) is 22.0 Å². The Hall–Kier alpha value is -2.80. The maximum Gasteiger partial charge on any atom is 0.342 e. The summed E-state index contributed by atoms with van der Waals surface area (Å²) in [6.45, 7) is 1.38. The van der Waals surface area contributed by atoms with Gasteiger partial charge in [-0.05, 0) is 54.7 Å². The molecule has 0 aromatic heterocycles. The molecule has 0 atom stereocenters. The second-order valence-corrected chi connectivity index (χ2v) is 8.20. The predicted molar refractivity (Wildman–Crippen MR) is 123 cm³/mol. The van der Waals surface area contributed by atoms with Crippen LogP contribution in [0.25, 0.3) is 6.08 Å². The van der Waals surface area contributed by atoms with E-state index in [1.54, 1.807) is 19.2 Å². The molecule has 1 amide bonds. The Morgan fingerprint density at radius 1 is 1.03 bits per heavy atom. The van der Waals surface area contributed by atoms with Gasteiger partial charge in [0, 0.05) is 29.2 Å². The van der Waals surface area contributed by atoms with Crippen LogP contribution in [0.1, 0.15) is 39.1 Å². The minimum absolute atomic E-state index is 0.0560. The summed E-state index contributed by atoms with van der Waals surface area (Å²) in [4.78, 5) is 26.9. The van der Waals surface area contributed by atoms with Crippen molar-refractivity contribution in [3.8, 4) is 11.5 Å². The summed E-state index contributed by atoms with van der Waals surface area (Å²) in [7, 11) is 4.42. The van der Waals surface area contributed by atoms with Crippen molar-refractivity contribution in [3.05, 3.63) is 63.6 Å². The van der Waals surface area contributed by atoms with E-state index in [0.717, 1.165) is 17.3 Å². The first-order chi connectivity index (χ1) is 15.0. The Labute approximate surface area is 190 Å². The maximum absolute atomic E-state index is 12.7. The van der Waals surface area contributed by atoms with E-state index >= 15 is 0 Å². The third-order valence-electron chi connectivity index (χ3n) is 5.42. The lowest BCUT2D eigenvalue weighted by Crippen LogP contribution is -2.38. The highest BCUT2D eigenvalue weighted by Crippen LogP contribution is 2.31. The van der Waals surface area contributed by atoms with Crippen molar-refractivity contribution in [2.75, 3.05) is 34.4 Å². The lowest BCUT2D eigenvalue weighted by molar-refractivity contribution is 0.0596. The number of allylic oxidation sites excluding steroid dienone is 1. The van der Waals surface area contributed by atoms with Crippen LogP contribution in [-0.4, -0.2) is 51.2 Å². The Bertz CT molecular complexity index is 963. The quantitative estimate of drug-likeness (QED) is 0.546. The highest BCUT2D eigenvalue weighted by molar-refractivity contribution is 9.10. The number of halogens is 1. The Balaban J connectivity index is 1.71. The number of nitrogens with zero attached hydrogens (tertiary/aromatic N) is 1. The normalized spacial score (nSPS) is 14.5. The molecule has 1 fully saturated rings. The van der Waals surface area contributed by atoms with Crippen LogP contribution in [0.3, 0.4) is 0 Å². The predicted octanol–water partition coefficient (Wildman–Crippen LogP) is 4.82. The number of piperidine rings is 1. The molecule has 0 unspecified atom stereocenters. The van der Waals surface area contributed by atoms with Gasteiger partial charge in [0.05, 0.1) is 21.3 Å². The first-order valence-corrected chi connectivity index (χ1v) is 10.8. The van der Waals surface area contributed by atoms with E-state index in [1.165, 1.54) is 14.2 Å². The van der Waals surface area contributed by atoms with Gasteiger partial charge in [0.15, 0.2) is 0 Å². The molecule has 31 heavy (non-hydrogen) atoms. The number of rotatable bonds is 6. The number of methoxy groups -OCH3 is 3. The molecule has 1 saturated heterocycles. The number of likely N-dealkylation sites (tertiary alicyclic amines) is 1. The van der Waals surface area contributed by atoms with Crippen LogP contribution in [0.15, 0.2) is 46.9 Å². The third-order valence-corrected chi connectivity index (χ3v) is 5.95. The van der Waals surface area contributed by atoms with E-state index < -0.39 is 5.97 Å². The number of benzene rings is 2. The van der Waals surface area contributed by atoms with Gasteiger partial charge in [-0.1, -0.05) is 28.1 Å². The van der Waals surface area contributed by atoms with Gasteiger partial charge in [0.1, 0.15) is 17.1 Å². The van der Waals surface area contributed by atoms with Crippen LogP contribution < -0.4 is 9.47 Å². The van der Waals surface area contributed by atoms with Gasteiger partial charge >= 0.3 is 5.97 Å². The SMILES string of the molecule is COC(=O)c1c(/C=C/C2CCN(C(=O)c3ccc(Br)cc3)CC2)cc(OC)cc1OC. The number of esters is 1. The van der Waals surface area contributed by atoms with Gasteiger partial charge in [0.2, 0.25) is 0 Å². The van der Waals surface area contributed by atoms with Crippen LogP contribution in [0, 0.1) is 5.92 Å². The van der Waals surface area contributed by atoms with E-state index in [4.69, 9.17) is 14.2 Å². The number of carbonyl (C=O) groups excluding carboxylic acids is 2. The van der Waals surface area contributed by atoms with Crippen molar-refractivity contribution < 1.29 is 23.8 Å². The lowest BCUT2D eigenvalue weighted by atomic mass is 9.94. The van der Waals surface area contributed by atoms with Crippen LogP contribution in [0.5, 0.6) is 11.5 Å². The van der Waals surface area contributed by atoms with Crippen molar-refractivity contribution in [1.29, 1.82) is 0 Å². The van der Waals surface area contributed by atoms with Crippen molar-refractivity contribution >= 4 is 33.9 Å². The lowest BCUT2D eigenvalue weighted by Gasteiger charge is -2.31. The monoisotopic (exact) mass is 487 g/mol. The number of hydrogen-bond acceptors (Lipinski definition) is 5. The Kier molecular flexibility index (Phi) is 7.74. The highest BCUT2D eigenvalue weighted by atomic mass is 79.9. The molecule has 7 heteroatoms. The average Bonchev–Trinajstić information content (AvgIpc) is 2.81. The summed E-state index contributed by atoms with van der Waals surface area (Å²) >= 11 is 3.39. The molecule has 2 aromatic rings. The summed E-state index contributed by atoms with van der Waals surface area (Å²) in [5, 5.41) is 0. The zero-order valence-corrected chi connectivity index (χ0v) is 19.5. The molecule has 1 aliphatic heterocycles. The summed E-state index contributed by atoms with van der Waals surface area (Å²) in [5.41, 5.74) is 1.74. The minimum atomic E-state index is -0.464. The zero-order chi connectivity index (χ0) is 22.4. The molecule has 0 saturated carbocycles. The summed E-state index contributed by atoms with van der Waals surface area (Å²) in [5.74, 6) is 0.894. The molecule has 164 valence electrons. The van der Waals surface area contributed by atoms with Gasteiger partial charge in [0.25, 0.3) is 5.91 Å². The van der Waals surface area contributed by atoms with E-state index in [0.29, 0.717) is 47.2 Å². The first-order valence-electron chi connectivity index (χ1n) is 10.0. The first kappa shape index (κ1) is 22.9. The standard InChI is InChI=1S/C24H26BrNO5/c1-29-20-14-18(22(24(28)31-3)21(15-20)30-2)5-4-16-10-12-26(13-11-16)23(27)17-6-8-19(25)9-7-17/h4-9,14-16H,10-13H2,1-3H3/b5-4+. The molecule has 3 rings (SSSR count). The molecule has 2 aromatic carbocycles. The molecular formula is C24H26BrNO5. The number of hydrogen-bond donors (Lipinski definition) is 0. The second-order valence-electron chi connectivity index (χ2n) is 7.28. The summed E-state index contributed by atoms with van der Waals surface area (Å²) < 4.78 is 16.6. The molecule has 6 nitrogen and oxygen atoms in total. The van der Waals surface area contributed by atoms with E-state index in [-0.39, 0.29) is 5.91 Å². The fourth-order valence-corrected chi connectivity index (χ4v) is 3.92. The fraction of sp³-hybridized carbons (Fsp3) is 0.333. The Morgan fingerprint density at radius 2 is 1.71 bits per heavy atom. The molecule has 0 bridgehead atoms. The summed E-state index contributed by atoms with van der Waals surface area (Å²) in [6.07, 6.45) is 5.71. The van der Waals surface area contributed by atoms with E-state index in [9.17, 15) is 9.59 Å². The smallest absolute Gasteiger partial charge is 0.342 e. The summed E-state index contributed by atoms with van der Waals surface area (Å²) in [6, 6.07) is 10.9. The van der Waals surface area contributed by atoms with Crippen LogP contribution in [0.2, 0.25) is 0 Å².